The molecule has 7 nitrogen and oxygen atoms in total. The average molecular weight is 686 g/mol. The Bertz CT molecular complexity index is 1290. The number of rotatable bonds is 10. The van der Waals surface area contributed by atoms with Crippen molar-refractivity contribution < 1.29 is 27.6 Å². The number of nitrogens with one attached hydrogen (secondary N) is 1. The molecule has 3 rings (SSSR count). The van der Waals surface area contributed by atoms with E-state index < -0.39 is 55.3 Å². The highest BCUT2D eigenvalue weighted by atomic mass is 28.4. The number of esters is 1. The van der Waals surface area contributed by atoms with E-state index in [-0.39, 0.29) is 27.6 Å². The molecule has 0 spiro atoms. The van der Waals surface area contributed by atoms with Crippen molar-refractivity contribution in [3.8, 4) is 0 Å². The minimum Gasteiger partial charge on any atom is -0.456 e. The first-order valence-electron chi connectivity index (χ1n) is 16.5. The van der Waals surface area contributed by atoms with Crippen molar-refractivity contribution in [1.82, 2.24) is 5.32 Å². The van der Waals surface area contributed by atoms with Crippen LogP contribution in [-0.2, 0) is 27.6 Å². The molecule has 1 fully saturated rings. The SMILES string of the molecule is CC(=O)N[C@H]1C(=O)O[C@H](CO[Si](c2ccccc2)(c2ccccc2)C(C)(C)C)[C@H](O[Si](C)(C)C(C)(C)C)[C@@H]1O[Si](C)(C)C(C)(C)C. The third-order valence-corrected chi connectivity index (χ3v) is 24.2. The third kappa shape index (κ3) is 8.13. The van der Waals surface area contributed by atoms with Crippen LogP contribution in [0, 0.1) is 0 Å². The van der Waals surface area contributed by atoms with Gasteiger partial charge in [-0.15, -0.1) is 0 Å². The molecule has 256 valence electrons. The minimum atomic E-state index is -2.96. The summed E-state index contributed by atoms with van der Waals surface area (Å²) in [4.78, 5) is 26.3. The number of carbonyl (C=O) groups excluding carboxylic acids is 2. The molecule has 10 heteroatoms. The van der Waals surface area contributed by atoms with Crippen molar-refractivity contribution in [1.29, 1.82) is 0 Å². The molecule has 4 atom stereocenters. The fraction of sp³-hybridized carbons (Fsp3) is 0.611. The maximum absolute atomic E-state index is 13.9. The zero-order valence-electron chi connectivity index (χ0n) is 30.7. The van der Waals surface area contributed by atoms with Crippen LogP contribution in [0.4, 0.5) is 0 Å². The smallest absolute Gasteiger partial charge is 0.331 e. The van der Waals surface area contributed by atoms with Gasteiger partial charge in [0, 0.05) is 6.92 Å². The lowest BCUT2D eigenvalue weighted by molar-refractivity contribution is -0.185. The summed E-state index contributed by atoms with van der Waals surface area (Å²) in [5.74, 6) is -0.844. The average Bonchev–Trinajstić information content (AvgIpc) is 2.91. The van der Waals surface area contributed by atoms with E-state index in [9.17, 15) is 9.59 Å². The summed E-state index contributed by atoms with van der Waals surface area (Å²) < 4.78 is 27.8. The summed E-state index contributed by atoms with van der Waals surface area (Å²) in [6.07, 6.45) is -2.14. The van der Waals surface area contributed by atoms with Gasteiger partial charge in [-0.2, -0.15) is 0 Å². The van der Waals surface area contributed by atoms with E-state index >= 15 is 0 Å². The Morgan fingerprint density at radius 3 is 1.50 bits per heavy atom. The van der Waals surface area contributed by atoms with Crippen molar-refractivity contribution in [3.05, 3.63) is 60.7 Å². The largest absolute Gasteiger partial charge is 0.456 e. The van der Waals surface area contributed by atoms with Gasteiger partial charge in [0.2, 0.25) is 5.91 Å². The monoisotopic (exact) mass is 685 g/mol. The second-order valence-corrected chi connectivity index (χ2v) is 30.6. The normalized spacial score (nSPS) is 21.9. The van der Waals surface area contributed by atoms with Gasteiger partial charge in [0.1, 0.15) is 12.2 Å². The molecule has 0 aliphatic carbocycles. The first-order valence-corrected chi connectivity index (χ1v) is 24.3. The molecule has 1 N–H and O–H groups in total. The van der Waals surface area contributed by atoms with E-state index in [1.54, 1.807) is 0 Å². The fourth-order valence-corrected chi connectivity index (χ4v) is 12.8. The summed E-state index contributed by atoms with van der Waals surface area (Å²) in [7, 11) is -7.86. The van der Waals surface area contributed by atoms with Gasteiger partial charge in [-0.1, -0.05) is 123 Å². The standard InChI is InChI=1S/C36H59NO6Si3/c1-26(38)37-30-32(43-45(13,14)35(5,6)7)31(42-44(11,12)34(2,3)4)29(41-33(30)39)25-40-46(36(8,9)10,27-21-17-15-18-22-27)28-23-19-16-20-24-28/h15-24,29-32H,25H2,1-14H3,(H,37,38)/t29-,30-,31+,32-/m1/s1. The van der Waals surface area contributed by atoms with Gasteiger partial charge in [-0.05, 0) is 51.7 Å². The van der Waals surface area contributed by atoms with Gasteiger partial charge in [-0.25, -0.2) is 4.79 Å². The molecule has 1 aliphatic rings. The summed E-state index contributed by atoms with van der Waals surface area (Å²) in [6, 6.07) is 19.9. The van der Waals surface area contributed by atoms with Gasteiger partial charge in [0.15, 0.2) is 28.8 Å². The second kappa shape index (κ2) is 13.8. The first kappa shape index (κ1) is 38.4. The summed E-state index contributed by atoms with van der Waals surface area (Å²) in [5, 5.41) is 4.62. The van der Waals surface area contributed by atoms with Crippen LogP contribution in [0.15, 0.2) is 60.7 Å². The van der Waals surface area contributed by atoms with Gasteiger partial charge in [0.25, 0.3) is 8.32 Å². The molecule has 0 aromatic heterocycles. The van der Waals surface area contributed by atoms with E-state index in [0.717, 1.165) is 10.4 Å². The number of carbonyl (C=O) groups is 2. The molecule has 0 saturated carbocycles. The third-order valence-electron chi connectivity index (χ3n) is 10.3. The molecule has 0 unspecified atom stereocenters. The summed E-state index contributed by atoms with van der Waals surface area (Å²) >= 11 is 0. The Kier molecular flexibility index (Phi) is 11.5. The van der Waals surface area contributed by atoms with Crippen molar-refractivity contribution in [2.45, 2.75) is 135 Å². The first-order chi connectivity index (χ1) is 20.9. The van der Waals surface area contributed by atoms with E-state index in [1.807, 2.05) is 12.1 Å². The van der Waals surface area contributed by atoms with Crippen molar-refractivity contribution in [2.24, 2.45) is 0 Å². The zero-order chi connectivity index (χ0) is 34.9. The zero-order valence-corrected chi connectivity index (χ0v) is 33.7. The molecular weight excluding hydrogens is 627 g/mol. The number of benzene rings is 2. The Hall–Kier alpha value is -2.09. The van der Waals surface area contributed by atoms with E-state index in [1.165, 1.54) is 6.92 Å². The molecule has 0 radical (unpaired) electrons. The van der Waals surface area contributed by atoms with E-state index in [2.05, 4.69) is 142 Å². The highest BCUT2D eigenvalue weighted by Crippen LogP contribution is 2.43. The molecule has 2 aromatic carbocycles. The van der Waals surface area contributed by atoms with Gasteiger partial charge in [0.05, 0.1) is 6.61 Å². The van der Waals surface area contributed by atoms with Crippen molar-refractivity contribution in [3.63, 3.8) is 0 Å². The van der Waals surface area contributed by atoms with Crippen LogP contribution >= 0.6 is 0 Å². The molecule has 2 aromatic rings. The van der Waals surface area contributed by atoms with E-state index in [0.29, 0.717) is 0 Å². The van der Waals surface area contributed by atoms with Gasteiger partial charge >= 0.3 is 5.97 Å². The van der Waals surface area contributed by atoms with Crippen molar-refractivity contribution >= 4 is 47.2 Å². The quantitative estimate of drug-likeness (QED) is 0.220. The molecule has 0 bridgehead atoms. The predicted octanol–water partition coefficient (Wildman–Crippen LogP) is 6.77. The van der Waals surface area contributed by atoms with Gasteiger partial charge < -0.3 is 23.3 Å². The Morgan fingerprint density at radius 1 is 0.717 bits per heavy atom. The van der Waals surface area contributed by atoms with Gasteiger partial charge in [-0.3, -0.25) is 4.79 Å². The Balaban J connectivity index is 2.21. The molecule has 46 heavy (non-hydrogen) atoms. The topological polar surface area (TPSA) is 83.1 Å². The van der Waals surface area contributed by atoms with Crippen LogP contribution in [0.3, 0.4) is 0 Å². The number of ether oxygens (including phenoxy) is 1. The molecule has 1 saturated heterocycles. The van der Waals surface area contributed by atoms with Crippen LogP contribution in [0.5, 0.6) is 0 Å². The fourth-order valence-electron chi connectivity index (χ4n) is 5.59. The lowest BCUT2D eigenvalue weighted by Gasteiger charge is -2.51. The minimum absolute atomic E-state index is 0.122. The number of hydrogen-bond acceptors (Lipinski definition) is 6. The summed E-state index contributed by atoms with van der Waals surface area (Å²) in [5.41, 5.74) is 0. The molecule has 1 heterocycles. The van der Waals surface area contributed by atoms with Crippen LogP contribution < -0.4 is 15.7 Å². The Morgan fingerprint density at radius 2 is 1.13 bits per heavy atom. The highest BCUT2D eigenvalue weighted by molar-refractivity contribution is 6.99. The van der Waals surface area contributed by atoms with Crippen LogP contribution in [0.25, 0.3) is 0 Å². The molecule has 1 aliphatic heterocycles. The maximum atomic E-state index is 13.9. The van der Waals surface area contributed by atoms with Crippen molar-refractivity contribution in [2.75, 3.05) is 6.61 Å². The number of amides is 1. The molecular formula is C36H59NO6Si3. The van der Waals surface area contributed by atoms with E-state index in [4.69, 9.17) is 18.0 Å². The molecule has 1 amide bonds. The van der Waals surface area contributed by atoms with Crippen LogP contribution in [0.1, 0.15) is 69.2 Å². The van der Waals surface area contributed by atoms with Crippen LogP contribution in [-0.4, -0.2) is 67.8 Å². The predicted molar refractivity (Wildman–Crippen MR) is 195 cm³/mol. The maximum Gasteiger partial charge on any atom is 0.331 e. The number of hydrogen-bond donors (Lipinski definition) is 1. The second-order valence-electron chi connectivity index (χ2n) is 16.8. The lowest BCUT2D eigenvalue weighted by atomic mass is 9.98. The summed E-state index contributed by atoms with van der Waals surface area (Å²) in [6.45, 7) is 30.0. The number of cyclic esters (lactones) is 1. The Labute approximate surface area is 281 Å². The van der Waals surface area contributed by atoms with Crippen LogP contribution in [0.2, 0.25) is 41.3 Å². The highest BCUT2D eigenvalue weighted by Gasteiger charge is 2.56. The lowest BCUT2D eigenvalue weighted by Crippen LogP contribution is -2.70.